The zero-order valence-electron chi connectivity index (χ0n) is 15.5. The minimum Gasteiger partial charge on any atom is -0.349 e. The highest BCUT2D eigenvalue weighted by molar-refractivity contribution is 5.99. The Morgan fingerprint density at radius 3 is 2.85 bits per heavy atom. The van der Waals surface area contributed by atoms with Crippen molar-refractivity contribution in [3.8, 4) is 0 Å². The molecule has 2 amide bonds. The van der Waals surface area contributed by atoms with Gasteiger partial charge in [-0.15, -0.1) is 0 Å². The monoisotopic (exact) mass is 377 g/mol. The third kappa shape index (κ3) is 4.35. The van der Waals surface area contributed by atoms with Crippen LogP contribution in [0.2, 0.25) is 0 Å². The SMILES string of the molecule is CCC1NCCC2NC(=O)C(CC(=O)N[C@@H](C)c3ccc(F)cc3F)=CC12. The van der Waals surface area contributed by atoms with Gasteiger partial charge >= 0.3 is 0 Å². The summed E-state index contributed by atoms with van der Waals surface area (Å²) in [4.78, 5) is 24.7. The summed E-state index contributed by atoms with van der Waals surface area (Å²) in [6.45, 7) is 4.58. The molecule has 1 aromatic carbocycles. The molecular formula is C20H25F2N3O2. The second-order valence-corrected chi connectivity index (χ2v) is 7.24. The number of halogens is 2. The van der Waals surface area contributed by atoms with Crippen LogP contribution in [0, 0.1) is 17.6 Å². The first-order chi connectivity index (χ1) is 12.9. The molecule has 7 heteroatoms. The molecule has 2 heterocycles. The van der Waals surface area contributed by atoms with E-state index in [1.807, 2.05) is 6.08 Å². The van der Waals surface area contributed by atoms with Gasteiger partial charge in [0.25, 0.3) is 0 Å². The van der Waals surface area contributed by atoms with Crippen molar-refractivity contribution >= 4 is 11.8 Å². The van der Waals surface area contributed by atoms with Gasteiger partial charge in [-0.2, -0.15) is 0 Å². The smallest absolute Gasteiger partial charge is 0.247 e. The molecule has 0 aliphatic carbocycles. The van der Waals surface area contributed by atoms with Crippen LogP contribution < -0.4 is 16.0 Å². The van der Waals surface area contributed by atoms with Crippen molar-refractivity contribution in [3.05, 3.63) is 47.0 Å². The third-order valence-electron chi connectivity index (χ3n) is 5.39. The van der Waals surface area contributed by atoms with Crippen molar-refractivity contribution < 1.29 is 18.4 Å². The fourth-order valence-electron chi connectivity index (χ4n) is 3.95. The second kappa shape index (κ2) is 8.17. The van der Waals surface area contributed by atoms with E-state index in [0.717, 1.165) is 31.5 Å². The van der Waals surface area contributed by atoms with Gasteiger partial charge in [0, 0.05) is 35.2 Å². The van der Waals surface area contributed by atoms with Gasteiger partial charge in [0.1, 0.15) is 11.6 Å². The molecule has 1 fully saturated rings. The van der Waals surface area contributed by atoms with Crippen molar-refractivity contribution in [2.24, 2.45) is 5.92 Å². The standard InChI is InChI=1S/C20H25F2N3O2/c1-3-17-15-8-12(20(27)25-18(15)6-7-23-17)9-19(26)24-11(2)14-5-4-13(21)10-16(14)22/h4-5,8,10-11,15,17-18,23H,3,6-7,9H2,1-2H3,(H,24,26)(H,25,27)/t11-,15?,17?,18?/m0/s1. The molecule has 0 saturated carbocycles. The Bertz CT molecular complexity index is 766. The molecule has 1 aromatic rings. The number of hydrogen-bond acceptors (Lipinski definition) is 3. The van der Waals surface area contributed by atoms with E-state index in [1.54, 1.807) is 6.92 Å². The Hall–Kier alpha value is -2.28. The lowest BCUT2D eigenvalue weighted by molar-refractivity contribution is -0.124. The zero-order chi connectivity index (χ0) is 19.6. The van der Waals surface area contributed by atoms with E-state index in [2.05, 4.69) is 22.9 Å². The number of rotatable bonds is 5. The maximum Gasteiger partial charge on any atom is 0.247 e. The second-order valence-electron chi connectivity index (χ2n) is 7.24. The van der Waals surface area contributed by atoms with Gasteiger partial charge in [-0.25, -0.2) is 8.78 Å². The van der Waals surface area contributed by atoms with Gasteiger partial charge in [-0.3, -0.25) is 9.59 Å². The lowest BCUT2D eigenvalue weighted by Gasteiger charge is -2.40. The number of hydrogen-bond donors (Lipinski definition) is 3. The number of benzene rings is 1. The lowest BCUT2D eigenvalue weighted by Crippen LogP contribution is -2.56. The summed E-state index contributed by atoms with van der Waals surface area (Å²) in [5.74, 6) is -1.80. The van der Waals surface area contributed by atoms with Crippen LogP contribution in [0.25, 0.3) is 0 Å². The van der Waals surface area contributed by atoms with Gasteiger partial charge in [-0.05, 0) is 32.4 Å². The number of carbonyl (C=O) groups excluding carboxylic acids is 2. The summed E-state index contributed by atoms with van der Waals surface area (Å²) in [6, 6.07) is 3.00. The molecule has 3 unspecified atom stereocenters. The van der Waals surface area contributed by atoms with Gasteiger partial charge in [0.05, 0.1) is 12.5 Å². The molecule has 0 spiro atoms. The maximum absolute atomic E-state index is 13.9. The van der Waals surface area contributed by atoms with Crippen LogP contribution in [0.5, 0.6) is 0 Å². The molecule has 3 N–H and O–H groups in total. The molecule has 4 atom stereocenters. The quantitative estimate of drug-likeness (QED) is 0.738. The van der Waals surface area contributed by atoms with Crippen molar-refractivity contribution in [2.45, 2.75) is 51.2 Å². The van der Waals surface area contributed by atoms with Gasteiger partial charge in [-0.1, -0.05) is 19.1 Å². The molecule has 3 rings (SSSR count). The van der Waals surface area contributed by atoms with Gasteiger partial charge < -0.3 is 16.0 Å². The first kappa shape index (κ1) is 19.5. The highest BCUT2D eigenvalue weighted by Gasteiger charge is 2.36. The summed E-state index contributed by atoms with van der Waals surface area (Å²) < 4.78 is 26.9. The summed E-state index contributed by atoms with van der Waals surface area (Å²) in [5, 5.41) is 9.15. The number of fused-ring (bicyclic) bond motifs is 1. The molecule has 1 saturated heterocycles. The van der Waals surface area contributed by atoms with Crippen molar-refractivity contribution in [1.82, 2.24) is 16.0 Å². The van der Waals surface area contributed by atoms with Gasteiger partial charge in [0.15, 0.2) is 0 Å². The van der Waals surface area contributed by atoms with E-state index < -0.39 is 17.7 Å². The number of amides is 2. The van der Waals surface area contributed by atoms with E-state index >= 15 is 0 Å². The van der Waals surface area contributed by atoms with Crippen LogP contribution in [0.3, 0.4) is 0 Å². The Labute approximate surface area is 157 Å². The lowest BCUT2D eigenvalue weighted by atomic mass is 9.80. The zero-order valence-corrected chi connectivity index (χ0v) is 15.5. The van der Waals surface area contributed by atoms with Gasteiger partial charge in [0.2, 0.25) is 11.8 Å². The molecule has 0 aromatic heterocycles. The first-order valence-corrected chi connectivity index (χ1v) is 9.38. The molecule has 146 valence electrons. The van der Waals surface area contributed by atoms with E-state index in [9.17, 15) is 18.4 Å². The highest BCUT2D eigenvalue weighted by atomic mass is 19.1. The average molecular weight is 377 g/mol. The molecule has 2 aliphatic rings. The largest absolute Gasteiger partial charge is 0.349 e. The Morgan fingerprint density at radius 1 is 1.37 bits per heavy atom. The summed E-state index contributed by atoms with van der Waals surface area (Å²) >= 11 is 0. The van der Waals surface area contributed by atoms with E-state index in [-0.39, 0.29) is 41.8 Å². The molecular weight excluding hydrogens is 352 g/mol. The third-order valence-corrected chi connectivity index (χ3v) is 5.39. The normalized spacial score (nSPS) is 25.9. The van der Waals surface area contributed by atoms with Crippen LogP contribution in [-0.4, -0.2) is 30.4 Å². The maximum atomic E-state index is 13.9. The summed E-state index contributed by atoms with van der Waals surface area (Å²) in [5.41, 5.74) is 0.636. The van der Waals surface area contributed by atoms with Crippen molar-refractivity contribution in [1.29, 1.82) is 0 Å². The van der Waals surface area contributed by atoms with E-state index in [4.69, 9.17) is 0 Å². The Balaban J connectivity index is 1.67. The average Bonchev–Trinajstić information content (AvgIpc) is 2.61. The molecule has 0 bridgehead atoms. The number of nitrogens with one attached hydrogen (secondary N) is 3. The molecule has 27 heavy (non-hydrogen) atoms. The van der Waals surface area contributed by atoms with E-state index in [1.165, 1.54) is 6.07 Å². The fourth-order valence-corrected chi connectivity index (χ4v) is 3.95. The minimum atomic E-state index is -0.709. The fraction of sp³-hybridized carbons (Fsp3) is 0.500. The van der Waals surface area contributed by atoms with Crippen molar-refractivity contribution in [3.63, 3.8) is 0 Å². The topological polar surface area (TPSA) is 70.2 Å². The van der Waals surface area contributed by atoms with Crippen LogP contribution in [0.4, 0.5) is 8.78 Å². The number of carbonyl (C=O) groups is 2. The molecule has 0 radical (unpaired) electrons. The van der Waals surface area contributed by atoms with Crippen LogP contribution in [0.1, 0.15) is 44.7 Å². The highest BCUT2D eigenvalue weighted by Crippen LogP contribution is 2.27. The van der Waals surface area contributed by atoms with Crippen LogP contribution in [-0.2, 0) is 9.59 Å². The summed E-state index contributed by atoms with van der Waals surface area (Å²) in [6.07, 6.45) is 3.64. The Morgan fingerprint density at radius 2 is 2.15 bits per heavy atom. The van der Waals surface area contributed by atoms with Crippen LogP contribution in [0.15, 0.2) is 29.8 Å². The predicted octanol–water partition coefficient (Wildman–Crippen LogP) is 2.34. The number of piperidine rings is 1. The van der Waals surface area contributed by atoms with E-state index in [0.29, 0.717) is 5.57 Å². The van der Waals surface area contributed by atoms with Crippen LogP contribution >= 0.6 is 0 Å². The molecule has 2 aliphatic heterocycles. The van der Waals surface area contributed by atoms with Crippen molar-refractivity contribution in [2.75, 3.05) is 6.54 Å². The predicted molar refractivity (Wildman–Crippen MR) is 97.7 cm³/mol. The molecule has 5 nitrogen and oxygen atoms in total. The Kier molecular flexibility index (Phi) is 5.89. The minimum absolute atomic E-state index is 0.0708. The first-order valence-electron chi connectivity index (χ1n) is 9.38. The summed E-state index contributed by atoms with van der Waals surface area (Å²) in [7, 11) is 0.